The van der Waals surface area contributed by atoms with Crippen molar-refractivity contribution in [1.82, 2.24) is 9.97 Å². The molecule has 2 amide bonds. The number of ether oxygens (including phenoxy) is 2. The van der Waals surface area contributed by atoms with E-state index in [-0.39, 0.29) is 22.6 Å². The smallest absolute Gasteiger partial charge is 0.314 e. The molecule has 0 bridgehead atoms. The van der Waals surface area contributed by atoms with E-state index >= 15 is 0 Å². The van der Waals surface area contributed by atoms with Crippen LogP contribution >= 0.6 is 47.0 Å². The van der Waals surface area contributed by atoms with Crippen molar-refractivity contribution in [3.8, 4) is 23.6 Å². The maximum absolute atomic E-state index is 14.5. The van der Waals surface area contributed by atoms with Gasteiger partial charge in [-0.1, -0.05) is 100 Å². The number of esters is 2. The van der Waals surface area contributed by atoms with E-state index in [0.717, 1.165) is 72.7 Å². The molecule has 2 unspecified atom stereocenters. The summed E-state index contributed by atoms with van der Waals surface area (Å²) in [5.74, 6) is -2.55. The van der Waals surface area contributed by atoms with Crippen LogP contribution in [0.1, 0.15) is 79.1 Å². The van der Waals surface area contributed by atoms with Gasteiger partial charge in [0.05, 0.1) is 51.3 Å². The number of pyridine rings is 2. The van der Waals surface area contributed by atoms with E-state index in [1.54, 1.807) is 24.3 Å². The van der Waals surface area contributed by atoms with E-state index in [9.17, 15) is 29.7 Å². The van der Waals surface area contributed by atoms with Crippen LogP contribution < -0.4 is 19.5 Å². The minimum atomic E-state index is -0.594. The molecule has 1 saturated heterocycles. The molecular formula is C40H38N6O6S4. The molecule has 3 aromatic rings. The summed E-state index contributed by atoms with van der Waals surface area (Å²) in [6.45, 7) is 7.94. The van der Waals surface area contributed by atoms with Crippen LogP contribution in [0.25, 0.3) is 0 Å². The summed E-state index contributed by atoms with van der Waals surface area (Å²) >= 11 is 4.35. The van der Waals surface area contributed by atoms with Crippen molar-refractivity contribution in [3.05, 3.63) is 68.7 Å². The highest BCUT2D eigenvalue weighted by Crippen LogP contribution is 2.69. The predicted octanol–water partition coefficient (Wildman–Crippen LogP) is 9.58. The summed E-state index contributed by atoms with van der Waals surface area (Å²) in [7, 11) is 0. The SMILES string of the molecule is CCCCC(CC)C(=O)Oc1c2c(c(OC(=O)C(CC)CCCC)c3c1SC(=C1C(=O)N(c4ccncc4)N(c4ccncc4)C1=O)S3)SC(=C(C#N)C#N)S2. The molecular weight excluding hydrogens is 789 g/mol. The highest BCUT2D eigenvalue weighted by molar-refractivity contribution is 8.26. The number of carbonyl (C=O) groups excluding carboxylic acids is 4. The van der Waals surface area contributed by atoms with Crippen molar-refractivity contribution < 1.29 is 28.7 Å². The predicted molar refractivity (Wildman–Crippen MR) is 216 cm³/mol. The quantitative estimate of drug-likeness (QED) is 0.0495. The van der Waals surface area contributed by atoms with E-state index in [4.69, 9.17) is 9.47 Å². The number of fused-ring (bicyclic) bond motifs is 2. The van der Waals surface area contributed by atoms with Crippen LogP contribution in [0.4, 0.5) is 11.4 Å². The van der Waals surface area contributed by atoms with Gasteiger partial charge in [0.15, 0.2) is 11.5 Å². The standard InChI is InChI=1S/C40H38N6O6S4/c1-5-9-11-23(7-3)37(49)51-29-31-32(54-39(53-31)25(21-41)22-42)30(52-38(50)24(8-4)12-10-6-2)34-33(29)55-40(56-34)28-35(47)45(26-13-17-43-18-14-26)46(36(28)48)27-15-19-44-20-16-27/h13-20,23-24H,5-12H2,1-4H3. The number of hydrogen-bond donors (Lipinski definition) is 0. The van der Waals surface area contributed by atoms with Crippen molar-refractivity contribution in [3.63, 3.8) is 0 Å². The van der Waals surface area contributed by atoms with Gasteiger partial charge in [-0.25, -0.2) is 10.0 Å². The van der Waals surface area contributed by atoms with Crippen LogP contribution in [0.2, 0.25) is 0 Å². The van der Waals surface area contributed by atoms with Crippen LogP contribution in [-0.4, -0.2) is 33.7 Å². The minimum absolute atomic E-state index is 0.125. The Kier molecular flexibility index (Phi) is 13.5. The molecule has 0 saturated carbocycles. The van der Waals surface area contributed by atoms with Gasteiger partial charge in [0.2, 0.25) is 0 Å². The number of hydrogen-bond acceptors (Lipinski definition) is 14. The van der Waals surface area contributed by atoms with Crippen LogP contribution in [0.5, 0.6) is 11.5 Å². The van der Waals surface area contributed by atoms with Crippen LogP contribution in [0, 0.1) is 34.5 Å². The second kappa shape index (κ2) is 18.5. The van der Waals surface area contributed by atoms with E-state index < -0.39 is 35.6 Å². The lowest BCUT2D eigenvalue weighted by Crippen LogP contribution is -2.41. The fraction of sp³-hybridized carbons (Fsp3) is 0.350. The van der Waals surface area contributed by atoms with E-state index in [1.807, 2.05) is 39.8 Å². The lowest BCUT2D eigenvalue weighted by atomic mass is 10.00. The number of benzene rings is 1. The number of nitrogens with zero attached hydrogens (tertiary/aromatic N) is 6. The summed E-state index contributed by atoms with van der Waals surface area (Å²) in [4.78, 5) is 66.6. The fourth-order valence-corrected chi connectivity index (χ4v) is 11.6. The Morgan fingerprint density at radius 2 is 1.07 bits per heavy atom. The third-order valence-electron chi connectivity index (χ3n) is 9.35. The molecule has 0 N–H and O–H groups in total. The summed E-state index contributed by atoms with van der Waals surface area (Å²) in [6, 6.07) is 10.4. The molecule has 3 aliphatic heterocycles. The Bertz CT molecular complexity index is 2050. The van der Waals surface area contributed by atoms with E-state index in [0.29, 0.717) is 65.1 Å². The Morgan fingerprint density at radius 3 is 1.43 bits per heavy atom. The number of unbranched alkanes of at least 4 members (excludes halogenated alkanes) is 2. The number of rotatable bonds is 14. The summed E-state index contributed by atoms with van der Waals surface area (Å²) in [5.41, 5.74) is 0.563. The first-order valence-electron chi connectivity index (χ1n) is 18.4. The van der Waals surface area contributed by atoms with Gasteiger partial charge in [0.1, 0.15) is 23.3 Å². The third kappa shape index (κ3) is 8.07. The Hall–Kier alpha value is -4.74. The van der Waals surface area contributed by atoms with Gasteiger partial charge in [-0.2, -0.15) is 10.5 Å². The van der Waals surface area contributed by atoms with Gasteiger partial charge in [-0.15, -0.1) is 0 Å². The van der Waals surface area contributed by atoms with Gasteiger partial charge in [0, 0.05) is 24.8 Å². The lowest BCUT2D eigenvalue weighted by molar-refractivity contribution is -0.141. The molecule has 1 aromatic carbocycles. The maximum Gasteiger partial charge on any atom is 0.314 e. The first-order chi connectivity index (χ1) is 27.2. The van der Waals surface area contributed by atoms with Crippen LogP contribution in [0.3, 0.4) is 0 Å². The normalized spacial score (nSPS) is 15.6. The summed E-state index contributed by atoms with van der Waals surface area (Å²) in [5, 5.41) is 22.2. The summed E-state index contributed by atoms with van der Waals surface area (Å²) < 4.78 is 13.3. The van der Waals surface area contributed by atoms with Gasteiger partial charge < -0.3 is 9.47 Å². The Morgan fingerprint density at radius 1 is 0.679 bits per heavy atom. The zero-order chi connectivity index (χ0) is 39.9. The third-order valence-corrected chi connectivity index (χ3v) is 14.5. The number of nitriles is 2. The van der Waals surface area contributed by atoms with E-state index in [2.05, 4.69) is 9.97 Å². The van der Waals surface area contributed by atoms with Gasteiger partial charge in [0.25, 0.3) is 11.8 Å². The van der Waals surface area contributed by atoms with Crippen molar-refractivity contribution in [2.75, 3.05) is 10.0 Å². The van der Waals surface area contributed by atoms with Crippen LogP contribution in [0.15, 0.2) is 88.3 Å². The number of thioether (sulfide) groups is 4. The molecule has 12 nitrogen and oxygen atoms in total. The van der Waals surface area contributed by atoms with Gasteiger partial charge in [-0.05, 0) is 49.9 Å². The lowest BCUT2D eigenvalue weighted by Gasteiger charge is -2.26. The zero-order valence-corrected chi connectivity index (χ0v) is 34.5. The molecule has 5 heterocycles. The molecule has 16 heteroatoms. The first kappa shape index (κ1) is 40.9. The average Bonchev–Trinajstić information content (AvgIpc) is 3.92. The number of carbonyl (C=O) groups is 4. The Balaban J connectivity index is 1.54. The topological polar surface area (TPSA) is 167 Å². The van der Waals surface area contributed by atoms with Crippen molar-refractivity contribution in [2.24, 2.45) is 11.8 Å². The van der Waals surface area contributed by atoms with Gasteiger partial charge >= 0.3 is 11.9 Å². The van der Waals surface area contributed by atoms with Gasteiger partial charge in [-0.3, -0.25) is 29.1 Å². The van der Waals surface area contributed by atoms with Crippen molar-refractivity contribution >= 4 is 82.2 Å². The number of allylic oxidation sites excluding steroid dienone is 1. The largest absolute Gasteiger partial charge is 0.424 e. The molecule has 288 valence electrons. The highest BCUT2D eigenvalue weighted by atomic mass is 32.2. The molecule has 3 aliphatic rings. The molecule has 1 fully saturated rings. The molecule has 0 spiro atoms. The average molecular weight is 827 g/mol. The minimum Gasteiger partial charge on any atom is -0.424 e. The maximum atomic E-state index is 14.5. The molecule has 2 atom stereocenters. The Labute approximate surface area is 342 Å². The first-order valence-corrected chi connectivity index (χ1v) is 21.6. The van der Waals surface area contributed by atoms with Crippen molar-refractivity contribution in [2.45, 2.75) is 98.6 Å². The molecule has 2 aromatic heterocycles. The second-order valence-corrected chi connectivity index (χ2v) is 17.5. The van der Waals surface area contributed by atoms with Crippen molar-refractivity contribution in [1.29, 1.82) is 10.5 Å². The van der Waals surface area contributed by atoms with Crippen LogP contribution in [-0.2, 0) is 19.2 Å². The molecule has 0 radical (unpaired) electrons. The molecule has 0 aliphatic carbocycles. The fourth-order valence-electron chi connectivity index (χ4n) is 6.25. The number of amides is 2. The second-order valence-electron chi connectivity index (χ2n) is 12.9. The molecule has 6 rings (SSSR count). The van der Waals surface area contributed by atoms with E-state index in [1.165, 1.54) is 34.8 Å². The number of hydrazine groups is 1. The monoisotopic (exact) mass is 826 g/mol. The highest BCUT2D eigenvalue weighted by Gasteiger charge is 2.48. The summed E-state index contributed by atoms with van der Waals surface area (Å²) in [6.07, 6.45) is 11.9. The zero-order valence-electron chi connectivity index (χ0n) is 31.2. The number of aromatic nitrogens is 2. The molecule has 56 heavy (non-hydrogen) atoms. The number of anilines is 2.